The van der Waals surface area contributed by atoms with Crippen LogP contribution in [0.4, 0.5) is 10.1 Å². The summed E-state index contributed by atoms with van der Waals surface area (Å²) in [5.41, 5.74) is 1.81. The fraction of sp³-hybridized carbons (Fsp3) is 0.235. The first kappa shape index (κ1) is 17.9. The Bertz CT molecular complexity index is 1110. The molecule has 1 saturated carbocycles. The van der Waals surface area contributed by atoms with Crippen LogP contribution in [-0.2, 0) is 10.0 Å². The van der Waals surface area contributed by atoms with Crippen molar-refractivity contribution in [3.05, 3.63) is 47.4 Å². The summed E-state index contributed by atoms with van der Waals surface area (Å²) in [5, 5.41) is 0.0611. The van der Waals surface area contributed by atoms with Crippen LogP contribution in [0, 0.1) is 5.82 Å². The van der Waals surface area contributed by atoms with Gasteiger partial charge in [0, 0.05) is 17.7 Å². The van der Waals surface area contributed by atoms with Gasteiger partial charge in [0.2, 0.25) is 10.0 Å². The van der Waals surface area contributed by atoms with E-state index in [1.165, 1.54) is 12.4 Å². The van der Waals surface area contributed by atoms with Gasteiger partial charge in [-0.3, -0.25) is 4.72 Å². The molecule has 1 aliphatic rings. The van der Waals surface area contributed by atoms with Crippen LogP contribution < -0.4 is 4.72 Å². The maximum Gasteiger partial charge on any atom is 0.229 e. The molecule has 1 aromatic carbocycles. The van der Waals surface area contributed by atoms with E-state index in [9.17, 15) is 12.8 Å². The number of nitrogens with one attached hydrogen (secondary N) is 2. The number of H-pyrrole nitrogens is 1. The van der Waals surface area contributed by atoms with Crippen molar-refractivity contribution in [1.29, 1.82) is 0 Å². The number of halogens is 2. The maximum absolute atomic E-state index is 14.2. The lowest BCUT2D eigenvalue weighted by atomic mass is 10.1. The lowest BCUT2D eigenvalue weighted by molar-refractivity contribution is 0.606. The van der Waals surface area contributed by atoms with Crippen molar-refractivity contribution in [2.24, 2.45) is 0 Å². The molecule has 3 aromatic rings. The van der Waals surface area contributed by atoms with E-state index in [4.69, 9.17) is 11.6 Å². The van der Waals surface area contributed by atoms with E-state index in [1.54, 1.807) is 12.3 Å². The van der Waals surface area contributed by atoms with Crippen LogP contribution in [0.15, 0.2) is 30.7 Å². The first-order valence-corrected chi connectivity index (χ1v) is 10.4. The molecule has 140 valence electrons. The Morgan fingerprint density at radius 2 is 2.11 bits per heavy atom. The van der Waals surface area contributed by atoms with Crippen molar-refractivity contribution >= 4 is 27.3 Å². The monoisotopic (exact) mass is 407 g/mol. The van der Waals surface area contributed by atoms with Crippen molar-refractivity contribution in [1.82, 2.24) is 19.9 Å². The Labute approximate surface area is 160 Å². The van der Waals surface area contributed by atoms with Crippen molar-refractivity contribution in [3.8, 4) is 22.6 Å². The van der Waals surface area contributed by atoms with E-state index in [0.29, 0.717) is 23.0 Å². The summed E-state index contributed by atoms with van der Waals surface area (Å²) in [7, 11) is -3.63. The highest BCUT2D eigenvalue weighted by Gasteiger charge is 2.30. The second-order valence-corrected chi connectivity index (χ2v) is 8.53. The number of aromatic nitrogens is 4. The van der Waals surface area contributed by atoms with Gasteiger partial charge in [-0.25, -0.2) is 27.8 Å². The summed E-state index contributed by atoms with van der Waals surface area (Å²) in [6.07, 6.45) is 6.01. The van der Waals surface area contributed by atoms with Crippen molar-refractivity contribution in [3.63, 3.8) is 0 Å². The van der Waals surface area contributed by atoms with Crippen molar-refractivity contribution in [2.75, 3.05) is 11.0 Å². The van der Waals surface area contributed by atoms with Crippen LogP contribution in [-0.4, -0.2) is 34.6 Å². The van der Waals surface area contributed by atoms with E-state index >= 15 is 0 Å². The number of aromatic amines is 1. The van der Waals surface area contributed by atoms with Gasteiger partial charge in [-0.1, -0.05) is 11.6 Å². The van der Waals surface area contributed by atoms with Gasteiger partial charge in [0.15, 0.2) is 0 Å². The minimum atomic E-state index is -3.63. The Balaban J connectivity index is 1.91. The average Bonchev–Trinajstić information content (AvgIpc) is 3.36. The Kier molecular flexibility index (Phi) is 4.35. The molecule has 0 bridgehead atoms. The Morgan fingerprint density at radius 3 is 2.74 bits per heavy atom. The number of sulfonamides is 1. The molecule has 1 aliphatic carbocycles. The van der Waals surface area contributed by atoms with Crippen LogP contribution in [0.5, 0.6) is 0 Å². The number of nitrogens with zero attached hydrogens (tertiary/aromatic N) is 3. The van der Waals surface area contributed by atoms with Gasteiger partial charge >= 0.3 is 0 Å². The lowest BCUT2D eigenvalue weighted by Crippen LogP contribution is -2.10. The van der Waals surface area contributed by atoms with Gasteiger partial charge in [-0.15, -0.1) is 0 Å². The summed E-state index contributed by atoms with van der Waals surface area (Å²) in [5.74, 6) is 0.460. The predicted molar refractivity (Wildman–Crippen MR) is 100 cm³/mol. The molecular formula is C17H15ClFN5O2S. The highest BCUT2D eigenvalue weighted by atomic mass is 35.5. The third-order valence-electron chi connectivity index (χ3n) is 4.11. The SMILES string of the molecule is CS(=O)(=O)Nc1cc(F)cc(-c2nc(C3CC3)[nH]c2-c2ccncn2)c1Cl. The zero-order chi connectivity index (χ0) is 19.2. The molecule has 1 fully saturated rings. The molecule has 2 N–H and O–H groups in total. The molecule has 27 heavy (non-hydrogen) atoms. The van der Waals surface area contributed by atoms with Gasteiger partial charge < -0.3 is 4.98 Å². The smallest absolute Gasteiger partial charge is 0.229 e. The van der Waals surface area contributed by atoms with E-state index in [2.05, 4.69) is 24.7 Å². The van der Waals surface area contributed by atoms with Gasteiger partial charge in [-0.05, 0) is 31.0 Å². The second-order valence-electron chi connectivity index (χ2n) is 6.40. The Hall–Kier alpha value is -2.52. The number of hydrogen-bond donors (Lipinski definition) is 2. The van der Waals surface area contributed by atoms with Crippen LogP contribution in [0.3, 0.4) is 0 Å². The molecule has 4 rings (SSSR count). The predicted octanol–water partition coefficient (Wildman–Crippen LogP) is 3.58. The fourth-order valence-electron chi connectivity index (χ4n) is 2.80. The number of imidazole rings is 1. The zero-order valence-electron chi connectivity index (χ0n) is 14.2. The summed E-state index contributed by atoms with van der Waals surface area (Å²) in [4.78, 5) is 16.0. The minimum absolute atomic E-state index is 0.0428. The van der Waals surface area contributed by atoms with Crippen LogP contribution in [0.2, 0.25) is 5.02 Å². The van der Waals surface area contributed by atoms with Crippen molar-refractivity contribution in [2.45, 2.75) is 18.8 Å². The maximum atomic E-state index is 14.2. The molecule has 0 radical (unpaired) electrons. The van der Waals surface area contributed by atoms with E-state index in [-0.39, 0.29) is 16.3 Å². The summed E-state index contributed by atoms with van der Waals surface area (Å²) < 4.78 is 39.6. The summed E-state index contributed by atoms with van der Waals surface area (Å²) >= 11 is 6.40. The van der Waals surface area contributed by atoms with E-state index in [0.717, 1.165) is 31.0 Å². The van der Waals surface area contributed by atoms with Crippen LogP contribution in [0.25, 0.3) is 22.6 Å². The molecule has 0 amide bonds. The number of anilines is 1. The molecule has 0 saturated heterocycles. The molecule has 7 nitrogen and oxygen atoms in total. The molecule has 0 aliphatic heterocycles. The van der Waals surface area contributed by atoms with Crippen LogP contribution in [0.1, 0.15) is 24.6 Å². The van der Waals surface area contributed by atoms with Gasteiger partial charge in [-0.2, -0.15) is 0 Å². The first-order valence-electron chi connectivity index (χ1n) is 8.15. The molecule has 0 atom stereocenters. The van der Waals surface area contributed by atoms with Crippen LogP contribution >= 0.6 is 11.6 Å². The largest absolute Gasteiger partial charge is 0.340 e. The average molecular weight is 408 g/mol. The van der Waals surface area contributed by atoms with Gasteiger partial charge in [0.05, 0.1) is 34.0 Å². The third-order valence-corrected chi connectivity index (χ3v) is 5.11. The normalized spacial score (nSPS) is 14.3. The number of rotatable bonds is 5. The Morgan fingerprint density at radius 1 is 1.33 bits per heavy atom. The second kappa shape index (κ2) is 6.58. The van der Waals surface area contributed by atoms with Gasteiger partial charge in [0.25, 0.3) is 0 Å². The van der Waals surface area contributed by atoms with Crippen molar-refractivity contribution < 1.29 is 12.8 Å². The molecule has 2 heterocycles. The van der Waals surface area contributed by atoms with E-state index in [1.807, 2.05) is 0 Å². The lowest BCUT2D eigenvalue weighted by Gasteiger charge is -2.11. The first-order chi connectivity index (χ1) is 12.8. The topological polar surface area (TPSA) is 101 Å². The molecular weight excluding hydrogens is 393 g/mol. The fourth-order valence-corrected chi connectivity index (χ4v) is 3.66. The molecule has 0 spiro atoms. The standard InChI is InChI=1S/C17H15ClFN5O2S/c1-27(25,26)24-13-7-10(19)6-11(14(13)18)15-16(12-4-5-20-8-21-12)23-17(22-15)9-2-3-9/h4-9,24H,2-3H2,1H3,(H,22,23). The van der Waals surface area contributed by atoms with E-state index < -0.39 is 15.8 Å². The minimum Gasteiger partial charge on any atom is -0.340 e. The molecule has 10 heteroatoms. The zero-order valence-corrected chi connectivity index (χ0v) is 15.8. The summed E-state index contributed by atoms with van der Waals surface area (Å²) in [6, 6.07) is 3.97. The molecule has 0 unspecified atom stereocenters. The highest BCUT2D eigenvalue weighted by Crippen LogP contribution is 2.43. The molecule has 2 aromatic heterocycles. The van der Waals surface area contributed by atoms with Gasteiger partial charge in [0.1, 0.15) is 18.0 Å². The number of benzene rings is 1. The third kappa shape index (κ3) is 3.79. The summed E-state index contributed by atoms with van der Waals surface area (Å²) in [6.45, 7) is 0. The number of hydrogen-bond acceptors (Lipinski definition) is 5. The highest BCUT2D eigenvalue weighted by molar-refractivity contribution is 7.92. The quantitative estimate of drug-likeness (QED) is 0.673.